The van der Waals surface area contributed by atoms with Crippen molar-refractivity contribution in [3.05, 3.63) is 47.7 Å². The van der Waals surface area contributed by atoms with E-state index in [1.807, 2.05) is 29.2 Å². The van der Waals surface area contributed by atoms with Gasteiger partial charge in [-0.1, -0.05) is 18.2 Å². The fraction of sp³-hybridized carbons (Fsp3) is 0.294. The van der Waals surface area contributed by atoms with E-state index in [4.69, 9.17) is 4.42 Å². The van der Waals surface area contributed by atoms with Crippen LogP contribution < -0.4 is 0 Å². The van der Waals surface area contributed by atoms with Gasteiger partial charge in [0.1, 0.15) is 5.76 Å². The number of furan rings is 1. The van der Waals surface area contributed by atoms with Crippen LogP contribution in [0.4, 0.5) is 0 Å². The van der Waals surface area contributed by atoms with Crippen LogP contribution >= 0.6 is 0 Å². The van der Waals surface area contributed by atoms with Gasteiger partial charge in [0.15, 0.2) is 12.0 Å². The first-order valence-electron chi connectivity index (χ1n) is 7.23. The van der Waals surface area contributed by atoms with Crippen molar-refractivity contribution in [1.29, 1.82) is 0 Å². The molecule has 0 unspecified atom stereocenters. The molecule has 1 saturated heterocycles. The van der Waals surface area contributed by atoms with Crippen LogP contribution in [0.1, 0.15) is 40.2 Å². The molecule has 0 bridgehead atoms. The molecule has 1 aromatic carbocycles. The minimum Gasteiger partial charge on any atom is -0.453 e. The van der Waals surface area contributed by atoms with Crippen molar-refractivity contribution in [3.63, 3.8) is 0 Å². The monoisotopic (exact) mass is 283 g/mol. The number of piperidine rings is 1. The summed E-state index contributed by atoms with van der Waals surface area (Å²) in [6, 6.07) is 10.7. The van der Waals surface area contributed by atoms with E-state index in [1.165, 1.54) is 6.42 Å². The molecule has 0 N–H and O–H groups in total. The Balaban J connectivity index is 1.95. The standard InChI is InChI=1S/C17H17NO3/c19-12-13-8-9-16(21-13)14-6-2-3-7-15(14)17(20)18-10-4-1-5-11-18/h2-3,6-9,12H,1,4-5,10-11H2. The summed E-state index contributed by atoms with van der Waals surface area (Å²) < 4.78 is 5.46. The minimum atomic E-state index is 0.0364. The largest absolute Gasteiger partial charge is 0.453 e. The Kier molecular flexibility index (Phi) is 3.86. The van der Waals surface area contributed by atoms with Gasteiger partial charge in [-0.15, -0.1) is 0 Å². The molecule has 1 aliphatic rings. The molecule has 4 nitrogen and oxygen atoms in total. The molecule has 2 heterocycles. The number of benzene rings is 1. The summed E-state index contributed by atoms with van der Waals surface area (Å²) in [7, 11) is 0. The first-order valence-corrected chi connectivity index (χ1v) is 7.23. The van der Waals surface area contributed by atoms with Crippen LogP contribution in [0.5, 0.6) is 0 Å². The van der Waals surface area contributed by atoms with Crippen molar-refractivity contribution in [3.8, 4) is 11.3 Å². The third-order valence-electron chi connectivity index (χ3n) is 3.81. The van der Waals surface area contributed by atoms with Gasteiger partial charge >= 0.3 is 0 Å². The maximum atomic E-state index is 12.7. The van der Waals surface area contributed by atoms with E-state index >= 15 is 0 Å². The zero-order chi connectivity index (χ0) is 14.7. The van der Waals surface area contributed by atoms with Crippen LogP contribution in [0.3, 0.4) is 0 Å². The molecule has 0 aliphatic carbocycles. The molecule has 21 heavy (non-hydrogen) atoms. The number of rotatable bonds is 3. The van der Waals surface area contributed by atoms with Crippen LogP contribution in [0.25, 0.3) is 11.3 Å². The van der Waals surface area contributed by atoms with Gasteiger partial charge in [0, 0.05) is 18.7 Å². The highest BCUT2D eigenvalue weighted by Crippen LogP contribution is 2.27. The number of hydrogen-bond donors (Lipinski definition) is 0. The number of carbonyl (C=O) groups excluding carboxylic acids is 2. The van der Waals surface area contributed by atoms with Crippen molar-refractivity contribution in [1.82, 2.24) is 4.90 Å². The Labute approximate surface area is 123 Å². The fourth-order valence-electron chi connectivity index (χ4n) is 2.71. The van der Waals surface area contributed by atoms with Gasteiger partial charge in [-0.05, 0) is 37.5 Å². The van der Waals surface area contributed by atoms with Crippen LogP contribution in [-0.4, -0.2) is 30.2 Å². The Bertz CT molecular complexity index is 654. The molecule has 1 fully saturated rings. The normalized spacial score (nSPS) is 15.0. The van der Waals surface area contributed by atoms with Gasteiger partial charge in [-0.2, -0.15) is 0 Å². The smallest absolute Gasteiger partial charge is 0.254 e. The maximum Gasteiger partial charge on any atom is 0.254 e. The van der Waals surface area contributed by atoms with E-state index in [1.54, 1.807) is 12.1 Å². The number of carbonyl (C=O) groups is 2. The predicted molar refractivity (Wildman–Crippen MR) is 79.3 cm³/mol. The first kappa shape index (κ1) is 13.6. The summed E-state index contributed by atoms with van der Waals surface area (Å²) in [4.78, 5) is 25.3. The second-order valence-electron chi connectivity index (χ2n) is 5.22. The van der Waals surface area contributed by atoms with E-state index in [0.717, 1.165) is 31.5 Å². The summed E-state index contributed by atoms with van der Waals surface area (Å²) in [6.07, 6.45) is 3.97. The summed E-state index contributed by atoms with van der Waals surface area (Å²) in [5.41, 5.74) is 1.37. The Morgan fingerprint density at radius 1 is 1.05 bits per heavy atom. The van der Waals surface area contributed by atoms with E-state index in [-0.39, 0.29) is 11.7 Å². The number of likely N-dealkylation sites (tertiary alicyclic amines) is 1. The van der Waals surface area contributed by atoms with Crippen molar-refractivity contribution in [2.75, 3.05) is 13.1 Å². The van der Waals surface area contributed by atoms with Crippen LogP contribution in [-0.2, 0) is 0 Å². The number of hydrogen-bond acceptors (Lipinski definition) is 3. The fourth-order valence-corrected chi connectivity index (χ4v) is 2.71. The molecule has 1 aromatic heterocycles. The summed E-state index contributed by atoms with van der Waals surface area (Å²) >= 11 is 0. The van der Waals surface area contributed by atoms with E-state index in [9.17, 15) is 9.59 Å². The van der Waals surface area contributed by atoms with E-state index in [0.29, 0.717) is 17.6 Å². The van der Waals surface area contributed by atoms with Crippen molar-refractivity contribution < 1.29 is 14.0 Å². The second-order valence-corrected chi connectivity index (χ2v) is 5.22. The minimum absolute atomic E-state index is 0.0364. The molecular weight excluding hydrogens is 266 g/mol. The molecule has 2 aromatic rings. The van der Waals surface area contributed by atoms with Gasteiger partial charge in [-0.25, -0.2) is 0 Å². The van der Waals surface area contributed by atoms with E-state index in [2.05, 4.69) is 0 Å². The molecule has 4 heteroatoms. The average molecular weight is 283 g/mol. The van der Waals surface area contributed by atoms with Crippen molar-refractivity contribution in [2.45, 2.75) is 19.3 Å². The summed E-state index contributed by atoms with van der Waals surface area (Å²) in [6.45, 7) is 1.62. The van der Waals surface area contributed by atoms with Gasteiger partial charge in [0.05, 0.1) is 5.56 Å². The van der Waals surface area contributed by atoms with E-state index < -0.39 is 0 Å². The highest BCUT2D eigenvalue weighted by molar-refractivity contribution is 6.00. The Morgan fingerprint density at radius 2 is 1.81 bits per heavy atom. The lowest BCUT2D eigenvalue weighted by molar-refractivity contribution is 0.0725. The number of aldehydes is 1. The third kappa shape index (κ3) is 2.75. The lowest BCUT2D eigenvalue weighted by Gasteiger charge is -2.27. The van der Waals surface area contributed by atoms with Crippen molar-refractivity contribution in [2.24, 2.45) is 0 Å². The molecule has 0 saturated carbocycles. The third-order valence-corrected chi connectivity index (χ3v) is 3.81. The van der Waals surface area contributed by atoms with Gasteiger partial charge in [0.25, 0.3) is 5.91 Å². The molecule has 1 amide bonds. The molecule has 0 atom stereocenters. The molecule has 3 rings (SSSR count). The quantitative estimate of drug-likeness (QED) is 0.811. The number of nitrogens with zero attached hydrogens (tertiary/aromatic N) is 1. The Hall–Kier alpha value is -2.36. The molecule has 0 spiro atoms. The first-order chi connectivity index (χ1) is 10.3. The second kappa shape index (κ2) is 5.95. The number of amides is 1. The molecular formula is C17H17NO3. The topological polar surface area (TPSA) is 50.5 Å². The Morgan fingerprint density at radius 3 is 2.52 bits per heavy atom. The summed E-state index contributed by atoms with van der Waals surface area (Å²) in [5, 5.41) is 0. The molecule has 108 valence electrons. The SMILES string of the molecule is O=Cc1ccc(-c2ccccc2C(=O)N2CCCCC2)o1. The van der Waals surface area contributed by atoms with Crippen LogP contribution in [0, 0.1) is 0 Å². The van der Waals surface area contributed by atoms with Gasteiger partial charge < -0.3 is 9.32 Å². The maximum absolute atomic E-state index is 12.7. The lowest BCUT2D eigenvalue weighted by Crippen LogP contribution is -2.35. The average Bonchev–Trinajstić information content (AvgIpc) is 3.04. The van der Waals surface area contributed by atoms with Crippen molar-refractivity contribution >= 4 is 12.2 Å². The zero-order valence-corrected chi connectivity index (χ0v) is 11.7. The lowest BCUT2D eigenvalue weighted by atomic mass is 10.0. The zero-order valence-electron chi connectivity index (χ0n) is 11.7. The van der Waals surface area contributed by atoms with Gasteiger partial charge in [0.2, 0.25) is 0 Å². The van der Waals surface area contributed by atoms with Crippen LogP contribution in [0.2, 0.25) is 0 Å². The predicted octanol–water partition coefficient (Wildman–Crippen LogP) is 3.39. The molecule has 1 aliphatic heterocycles. The van der Waals surface area contributed by atoms with Gasteiger partial charge in [-0.3, -0.25) is 9.59 Å². The highest BCUT2D eigenvalue weighted by Gasteiger charge is 2.21. The van der Waals surface area contributed by atoms with Crippen LogP contribution in [0.15, 0.2) is 40.8 Å². The summed E-state index contributed by atoms with van der Waals surface area (Å²) in [5.74, 6) is 0.859. The molecule has 0 radical (unpaired) electrons. The highest BCUT2D eigenvalue weighted by atomic mass is 16.3.